The lowest BCUT2D eigenvalue weighted by atomic mass is 10.2. The van der Waals surface area contributed by atoms with Crippen LogP contribution in [0.4, 0.5) is 13.2 Å². The fraction of sp³-hybridized carbons (Fsp3) is 0.118. The monoisotopic (exact) mass is 376 g/mol. The molecule has 2 aromatic heterocycles. The predicted molar refractivity (Wildman–Crippen MR) is 90.2 cm³/mol. The Bertz CT molecular complexity index is 1050. The molecule has 2 heterocycles. The summed E-state index contributed by atoms with van der Waals surface area (Å²) in [7, 11) is 0. The Morgan fingerprint density at radius 3 is 2.58 bits per heavy atom. The lowest BCUT2D eigenvalue weighted by Gasteiger charge is -2.06. The van der Waals surface area contributed by atoms with Crippen molar-refractivity contribution < 1.29 is 17.6 Å². The van der Waals surface area contributed by atoms with Crippen molar-refractivity contribution in [3.05, 3.63) is 60.2 Å². The highest BCUT2D eigenvalue weighted by Gasteiger charge is 2.18. The van der Waals surface area contributed by atoms with Crippen molar-refractivity contribution in [1.29, 1.82) is 0 Å². The standard InChI is InChI=1S/C17H11F3N4OS/c18-11-7-5-10(6-8-11)15-22-23-17(25-15)26-9-14-21-12-3-1-2-4-13(12)24(14)16(19)20/h1-8,16H,9H2. The number of benzene rings is 2. The number of halogens is 3. The number of para-hydroxylation sites is 2. The first-order chi connectivity index (χ1) is 12.6. The van der Waals surface area contributed by atoms with E-state index >= 15 is 0 Å². The van der Waals surface area contributed by atoms with Gasteiger partial charge in [0, 0.05) is 5.56 Å². The first-order valence-corrected chi connectivity index (χ1v) is 8.56. The maximum absolute atomic E-state index is 13.4. The molecule has 5 nitrogen and oxygen atoms in total. The van der Waals surface area contributed by atoms with Crippen LogP contribution in [0.5, 0.6) is 0 Å². The molecule has 132 valence electrons. The number of rotatable bonds is 5. The summed E-state index contributed by atoms with van der Waals surface area (Å²) in [4.78, 5) is 4.25. The van der Waals surface area contributed by atoms with Crippen molar-refractivity contribution in [1.82, 2.24) is 19.7 Å². The minimum absolute atomic E-state index is 0.143. The summed E-state index contributed by atoms with van der Waals surface area (Å²) in [5.74, 6) is 0.223. The van der Waals surface area contributed by atoms with E-state index in [0.717, 1.165) is 16.3 Å². The molecular weight excluding hydrogens is 365 g/mol. The van der Waals surface area contributed by atoms with E-state index in [-0.39, 0.29) is 28.5 Å². The van der Waals surface area contributed by atoms with Gasteiger partial charge in [0.15, 0.2) is 0 Å². The minimum atomic E-state index is -2.70. The smallest absolute Gasteiger partial charge is 0.320 e. The SMILES string of the molecule is Fc1ccc(-c2nnc(SCc3nc4ccccc4n3C(F)F)o2)cc1. The van der Waals surface area contributed by atoms with Gasteiger partial charge in [0.25, 0.3) is 5.22 Å². The summed E-state index contributed by atoms with van der Waals surface area (Å²) < 4.78 is 46.2. The Balaban J connectivity index is 1.55. The summed E-state index contributed by atoms with van der Waals surface area (Å²) in [6, 6.07) is 12.3. The number of fused-ring (bicyclic) bond motifs is 1. The van der Waals surface area contributed by atoms with Crippen LogP contribution in [0.15, 0.2) is 58.2 Å². The lowest BCUT2D eigenvalue weighted by molar-refractivity contribution is 0.0722. The molecule has 0 saturated carbocycles. The number of imidazole rings is 1. The normalized spacial score (nSPS) is 11.5. The van der Waals surface area contributed by atoms with Crippen LogP contribution in [0.25, 0.3) is 22.5 Å². The average Bonchev–Trinajstić information content (AvgIpc) is 3.24. The third kappa shape index (κ3) is 3.17. The molecule has 9 heteroatoms. The molecule has 0 N–H and O–H groups in total. The number of hydrogen-bond acceptors (Lipinski definition) is 5. The highest BCUT2D eigenvalue weighted by molar-refractivity contribution is 7.98. The zero-order valence-electron chi connectivity index (χ0n) is 13.1. The van der Waals surface area contributed by atoms with E-state index in [9.17, 15) is 13.2 Å². The number of aromatic nitrogens is 4. The maximum Gasteiger partial charge on any atom is 0.320 e. The second-order valence-electron chi connectivity index (χ2n) is 5.33. The minimum Gasteiger partial charge on any atom is -0.411 e. The Hall–Kier alpha value is -2.81. The van der Waals surface area contributed by atoms with Crippen molar-refractivity contribution in [2.45, 2.75) is 17.5 Å². The molecule has 0 saturated heterocycles. The fourth-order valence-electron chi connectivity index (χ4n) is 2.52. The summed E-state index contributed by atoms with van der Waals surface area (Å²) in [5, 5.41) is 8.00. The lowest BCUT2D eigenvalue weighted by Crippen LogP contribution is -2.03. The zero-order chi connectivity index (χ0) is 18.1. The van der Waals surface area contributed by atoms with Crippen molar-refractivity contribution in [3.63, 3.8) is 0 Å². The van der Waals surface area contributed by atoms with Crippen LogP contribution < -0.4 is 0 Å². The van der Waals surface area contributed by atoms with Gasteiger partial charge in [-0.25, -0.2) is 9.37 Å². The van der Waals surface area contributed by atoms with Crippen molar-refractivity contribution in [3.8, 4) is 11.5 Å². The molecule has 0 amide bonds. The van der Waals surface area contributed by atoms with Gasteiger partial charge >= 0.3 is 6.55 Å². The highest BCUT2D eigenvalue weighted by atomic mass is 32.2. The summed E-state index contributed by atoms with van der Waals surface area (Å²) >= 11 is 1.11. The van der Waals surface area contributed by atoms with Gasteiger partial charge in [-0.3, -0.25) is 4.57 Å². The number of hydrogen-bond donors (Lipinski definition) is 0. The van der Waals surface area contributed by atoms with Gasteiger partial charge in [-0.15, -0.1) is 10.2 Å². The van der Waals surface area contributed by atoms with Gasteiger partial charge in [0.1, 0.15) is 11.6 Å². The van der Waals surface area contributed by atoms with Crippen LogP contribution >= 0.6 is 11.8 Å². The first-order valence-electron chi connectivity index (χ1n) is 7.58. The maximum atomic E-state index is 13.4. The van der Waals surface area contributed by atoms with Crippen LogP contribution in [0.3, 0.4) is 0 Å². The molecule has 0 fully saturated rings. The molecule has 0 atom stereocenters. The third-order valence-electron chi connectivity index (χ3n) is 3.69. The van der Waals surface area contributed by atoms with Gasteiger partial charge < -0.3 is 4.42 Å². The molecule has 0 radical (unpaired) electrons. The Morgan fingerprint density at radius 1 is 1.04 bits per heavy atom. The molecule has 0 aliphatic carbocycles. The van der Waals surface area contributed by atoms with Crippen LogP contribution in [-0.2, 0) is 5.75 Å². The molecule has 0 spiro atoms. The van der Waals surface area contributed by atoms with Gasteiger partial charge in [-0.1, -0.05) is 23.9 Å². The van der Waals surface area contributed by atoms with Crippen molar-refractivity contribution in [2.75, 3.05) is 0 Å². The molecule has 4 aromatic rings. The van der Waals surface area contributed by atoms with Crippen molar-refractivity contribution in [2.24, 2.45) is 0 Å². The van der Waals surface area contributed by atoms with Crippen LogP contribution in [0.1, 0.15) is 12.4 Å². The van der Waals surface area contributed by atoms with E-state index < -0.39 is 6.55 Å². The topological polar surface area (TPSA) is 56.7 Å². The van der Waals surface area contributed by atoms with Gasteiger partial charge in [0.2, 0.25) is 5.89 Å². The summed E-state index contributed by atoms with van der Waals surface area (Å²) in [6.07, 6.45) is 0. The molecule has 26 heavy (non-hydrogen) atoms. The molecule has 4 rings (SSSR count). The largest absolute Gasteiger partial charge is 0.411 e. The fourth-order valence-corrected chi connectivity index (χ4v) is 3.21. The van der Waals surface area contributed by atoms with E-state index in [1.807, 2.05) is 0 Å². The van der Waals surface area contributed by atoms with E-state index in [2.05, 4.69) is 15.2 Å². The first kappa shape index (κ1) is 16.6. The number of thioether (sulfide) groups is 1. The highest BCUT2D eigenvalue weighted by Crippen LogP contribution is 2.29. The second-order valence-corrected chi connectivity index (χ2v) is 6.26. The van der Waals surface area contributed by atoms with Gasteiger partial charge in [0.05, 0.1) is 16.8 Å². The molecule has 0 aliphatic heterocycles. The third-order valence-corrected chi connectivity index (χ3v) is 4.50. The second kappa shape index (κ2) is 6.83. The molecule has 0 unspecified atom stereocenters. The average molecular weight is 376 g/mol. The van der Waals surface area contributed by atoms with Crippen molar-refractivity contribution >= 4 is 22.8 Å². The molecule has 0 bridgehead atoms. The molecule has 0 aliphatic rings. The predicted octanol–water partition coefficient (Wildman–Crippen LogP) is 4.91. The molecule has 2 aromatic carbocycles. The Labute approximate surface area is 149 Å². The number of alkyl halides is 2. The summed E-state index contributed by atoms with van der Waals surface area (Å²) in [6.45, 7) is -2.70. The molecular formula is C17H11F3N4OS. The Morgan fingerprint density at radius 2 is 1.81 bits per heavy atom. The van der Waals surface area contributed by atoms with Gasteiger partial charge in [-0.2, -0.15) is 8.78 Å². The summed E-state index contributed by atoms with van der Waals surface area (Å²) in [5.41, 5.74) is 1.45. The Kier molecular flexibility index (Phi) is 4.37. The van der Waals surface area contributed by atoms with Gasteiger partial charge in [-0.05, 0) is 36.4 Å². The van der Waals surface area contributed by atoms with Crippen LogP contribution in [-0.4, -0.2) is 19.7 Å². The van der Waals surface area contributed by atoms with Crippen LogP contribution in [0, 0.1) is 5.82 Å². The van der Waals surface area contributed by atoms with E-state index in [0.29, 0.717) is 16.6 Å². The zero-order valence-corrected chi connectivity index (χ0v) is 14.0. The van der Waals surface area contributed by atoms with Crippen LogP contribution in [0.2, 0.25) is 0 Å². The van der Waals surface area contributed by atoms with E-state index in [4.69, 9.17) is 4.42 Å². The number of nitrogens with zero attached hydrogens (tertiary/aromatic N) is 4. The van der Waals surface area contributed by atoms with E-state index in [1.165, 1.54) is 24.3 Å². The quantitative estimate of drug-likeness (QED) is 0.463. The van der Waals surface area contributed by atoms with E-state index in [1.54, 1.807) is 24.3 Å².